The van der Waals surface area contributed by atoms with Crippen LogP contribution in [0.15, 0.2) is 12.2 Å². The summed E-state index contributed by atoms with van der Waals surface area (Å²) in [5.74, 6) is -0.935. The maximum Gasteiger partial charge on any atom is 0.401 e. The molecule has 0 saturated heterocycles. The van der Waals surface area contributed by atoms with Gasteiger partial charge in [-0.05, 0) is 6.92 Å². The molecule has 0 heterocycles. The SMILES string of the molecule is C=C(C)C(=O)O.O=C(O)Cl.[Y]. The van der Waals surface area contributed by atoms with Gasteiger partial charge in [0.2, 0.25) is 0 Å². The van der Waals surface area contributed by atoms with Crippen LogP contribution in [0.5, 0.6) is 0 Å². The maximum atomic E-state index is 9.60. The molecule has 0 fully saturated rings. The number of hydrogen-bond donors (Lipinski definition) is 2. The van der Waals surface area contributed by atoms with Crippen LogP contribution in [0.25, 0.3) is 0 Å². The molecule has 0 spiro atoms. The summed E-state index contributed by atoms with van der Waals surface area (Å²) in [6.45, 7) is 4.60. The smallest absolute Gasteiger partial charge is 0.401 e. The van der Waals surface area contributed by atoms with E-state index in [0.717, 1.165) is 0 Å². The van der Waals surface area contributed by atoms with Gasteiger partial charge in [0, 0.05) is 49.9 Å². The van der Waals surface area contributed by atoms with Gasteiger partial charge in [-0.15, -0.1) is 0 Å². The monoisotopic (exact) mass is 255 g/mol. The maximum absolute atomic E-state index is 9.60. The van der Waals surface area contributed by atoms with Crippen LogP contribution in [0.2, 0.25) is 0 Å². The van der Waals surface area contributed by atoms with E-state index in [2.05, 4.69) is 18.2 Å². The Hall–Kier alpha value is 0.0739. The number of carboxylic acids is 1. The Bertz CT molecular complexity index is 141. The number of carbonyl (C=O) groups is 2. The minimum atomic E-state index is -1.36. The zero-order valence-corrected chi connectivity index (χ0v) is 9.47. The molecule has 2 N–H and O–H groups in total. The molecule has 0 aromatic heterocycles. The summed E-state index contributed by atoms with van der Waals surface area (Å²) in [6, 6.07) is 0. The molecule has 6 heteroatoms. The fourth-order valence-electron chi connectivity index (χ4n) is 0. The van der Waals surface area contributed by atoms with Gasteiger partial charge in [-0.1, -0.05) is 6.58 Å². The normalized spacial score (nSPS) is 6.36. The second kappa shape index (κ2) is 10.1. The number of halogens is 1. The van der Waals surface area contributed by atoms with Crippen LogP contribution in [-0.2, 0) is 37.5 Å². The summed E-state index contributed by atoms with van der Waals surface area (Å²) in [4.78, 5) is 18.4. The molecule has 0 bridgehead atoms. The third-order valence-electron chi connectivity index (χ3n) is 0.365. The van der Waals surface area contributed by atoms with E-state index in [1.54, 1.807) is 0 Å². The summed E-state index contributed by atoms with van der Waals surface area (Å²) in [5, 5.41) is 15.1. The largest absolute Gasteiger partial charge is 0.478 e. The summed E-state index contributed by atoms with van der Waals surface area (Å²) in [5.41, 5.74) is -1.19. The molecule has 61 valence electrons. The van der Waals surface area contributed by atoms with Crippen molar-refractivity contribution in [2.75, 3.05) is 0 Å². The Kier molecular flexibility index (Phi) is 15.8. The summed E-state index contributed by atoms with van der Waals surface area (Å²) in [7, 11) is 0. The van der Waals surface area contributed by atoms with Crippen molar-refractivity contribution in [3.8, 4) is 0 Å². The molecule has 0 aliphatic rings. The van der Waals surface area contributed by atoms with Crippen LogP contribution in [0, 0.1) is 0 Å². The number of hydrogen-bond acceptors (Lipinski definition) is 2. The number of carboxylic acid groups (broad SMARTS) is 2. The molecule has 0 rings (SSSR count). The average Bonchev–Trinajstić information content (AvgIpc) is 1.63. The van der Waals surface area contributed by atoms with Gasteiger partial charge in [-0.3, -0.25) is 0 Å². The Balaban J connectivity index is -0.000000114. The predicted molar refractivity (Wildman–Crippen MR) is 36.3 cm³/mol. The summed E-state index contributed by atoms with van der Waals surface area (Å²) >= 11 is 4.19. The first-order chi connectivity index (χ1) is 4.37. The van der Waals surface area contributed by atoms with E-state index in [1.165, 1.54) is 6.92 Å². The molecule has 0 unspecified atom stereocenters. The van der Waals surface area contributed by atoms with Crippen LogP contribution in [0.4, 0.5) is 4.79 Å². The first-order valence-electron chi connectivity index (χ1n) is 2.15. The molecule has 0 amide bonds. The fraction of sp³-hybridized carbons (Fsp3) is 0.200. The molecule has 0 saturated carbocycles. The molecular weight excluding hydrogens is 248 g/mol. The molecule has 11 heavy (non-hydrogen) atoms. The summed E-state index contributed by atoms with van der Waals surface area (Å²) in [6.07, 6.45) is 0. The molecule has 0 aliphatic heterocycles. The van der Waals surface area contributed by atoms with Crippen LogP contribution in [0.1, 0.15) is 6.92 Å². The standard InChI is InChI=1S/C4H6O2.CHClO2.Y/c1-3(2)4(5)6;2-1(3)4;/h1H2,2H3,(H,5,6);(H,3,4);. The zero-order valence-electron chi connectivity index (χ0n) is 5.87. The van der Waals surface area contributed by atoms with E-state index in [1.807, 2.05) is 0 Å². The van der Waals surface area contributed by atoms with Gasteiger partial charge in [0.15, 0.2) is 0 Å². The van der Waals surface area contributed by atoms with Crippen molar-refractivity contribution in [3.05, 3.63) is 12.2 Å². The molecule has 4 nitrogen and oxygen atoms in total. The van der Waals surface area contributed by atoms with Gasteiger partial charge in [0.1, 0.15) is 0 Å². The van der Waals surface area contributed by atoms with E-state index >= 15 is 0 Å². The van der Waals surface area contributed by atoms with Crippen molar-refractivity contribution in [1.29, 1.82) is 0 Å². The minimum Gasteiger partial charge on any atom is -0.478 e. The molecule has 0 atom stereocenters. The van der Waals surface area contributed by atoms with E-state index < -0.39 is 11.4 Å². The Labute approximate surface area is 94.1 Å². The third-order valence-corrected chi connectivity index (χ3v) is 0.365. The zero-order chi connectivity index (χ0) is 8.73. The quantitative estimate of drug-likeness (QED) is 0.551. The molecule has 0 aromatic carbocycles. The van der Waals surface area contributed by atoms with E-state index in [0.29, 0.717) is 0 Å². The van der Waals surface area contributed by atoms with Gasteiger partial charge in [0.25, 0.3) is 0 Å². The van der Waals surface area contributed by atoms with Gasteiger partial charge in [-0.2, -0.15) is 0 Å². The van der Waals surface area contributed by atoms with Crippen LogP contribution >= 0.6 is 11.6 Å². The number of aliphatic carboxylic acids is 1. The van der Waals surface area contributed by atoms with E-state index in [9.17, 15) is 4.79 Å². The third kappa shape index (κ3) is 39.6. The van der Waals surface area contributed by atoms with Crippen molar-refractivity contribution in [3.63, 3.8) is 0 Å². The summed E-state index contributed by atoms with van der Waals surface area (Å²) < 4.78 is 0. The minimum absolute atomic E-state index is 0. The van der Waals surface area contributed by atoms with Crippen LogP contribution in [0.3, 0.4) is 0 Å². The van der Waals surface area contributed by atoms with Crippen molar-refractivity contribution in [1.82, 2.24) is 0 Å². The van der Waals surface area contributed by atoms with Crippen LogP contribution in [-0.4, -0.2) is 21.6 Å². The average molecular weight is 255 g/mol. The van der Waals surface area contributed by atoms with Crippen molar-refractivity contribution in [2.24, 2.45) is 0 Å². The van der Waals surface area contributed by atoms with Crippen LogP contribution < -0.4 is 0 Å². The predicted octanol–water partition coefficient (Wildman–Crippen LogP) is 1.55. The molecule has 1 radical (unpaired) electrons. The molecular formula is C5H7ClO4Y. The van der Waals surface area contributed by atoms with Gasteiger partial charge < -0.3 is 10.2 Å². The fourth-order valence-corrected chi connectivity index (χ4v) is 0. The Morgan fingerprint density at radius 2 is 1.45 bits per heavy atom. The van der Waals surface area contributed by atoms with Crippen molar-refractivity contribution >= 4 is 23.0 Å². The van der Waals surface area contributed by atoms with Crippen molar-refractivity contribution in [2.45, 2.75) is 6.92 Å². The van der Waals surface area contributed by atoms with Gasteiger partial charge in [0.05, 0.1) is 0 Å². The van der Waals surface area contributed by atoms with Crippen molar-refractivity contribution < 1.29 is 52.5 Å². The van der Waals surface area contributed by atoms with E-state index in [4.69, 9.17) is 15.0 Å². The molecule has 0 aliphatic carbocycles. The van der Waals surface area contributed by atoms with E-state index in [-0.39, 0.29) is 38.3 Å². The first kappa shape index (κ1) is 17.2. The van der Waals surface area contributed by atoms with Gasteiger partial charge in [-0.25, -0.2) is 9.59 Å². The number of rotatable bonds is 1. The van der Waals surface area contributed by atoms with Gasteiger partial charge >= 0.3 is 11.4 Å². The Morgan fingerprint density at radius 1 is 1.36 bits per heavy atom. The molecule has 0 aromatic rings. The second-order valence-corrected chi connectivity index (χ2v) is 1.66. The Morgan fingerprint density at radius 3 is 1.45 bits per heavy atom. The topological polar surface area (TPSA) is 74.6 Å². The second-order valence-electron chi connectivity index (χ2n) is 1.34. The first-order valence-corrected chi connectivity index (χ1v) is 2.53.